The molecule has 3 rings (SSSR count). The molecule has 1 aromatic carbocycles. The Labute approximate surface area is 153 Å². The summed E-state index contributed by atoms with van der Waals surface area (Å²) in [5.41, 5.74) is 6.18. The fraction of sp³-hybridized carbons (Fsp3) is 0.400. The van der Waals surface area contributed by atoms with E-state index in [4.69, 9.17) is 0 Å². The fourth-order valence-electron chi connectivity index (χ4n) is 2.65. The van der Waals surface area contributed by atoms with Crippen molar-refractivity contribution in [2.45, 2.75) is 44.2 Å². The molecule has 6 heteroatoms. The minimum absolute atomic E-state index is 0.137. The van der Waals surface area contributed by atoms with Gasteiger partial charge in [0, 0.05) is 18.7 Å². The summed E-state index contributed by atoms with van der Waals surface area (Å²) in [7, 11) is 1.50. The van der Waals surface area contributed by atoms with Crippen LogP contribution < -0.4 is 11.1 Å². The highest BCUT2D eigenvalue weighted by Crippen LogP contribution is 2.20. The molecule has 0 saturated heterocycles. The number of carbonyl (C=O) groups is 1. The van der Waals surface area contributed by atoms with Crippen molar-refractivity contribution >= 4 is 5.91 Å². The van der Waals surface area contributed by atoms with Gasteiger partial charge in [0.1, 0.15) is 5.82 Å². The zero-order chi connectivity index (χ0) is 18.9. The number of rotatable bonds is 7. The van der Waals surface area contributed by atoms with E-state index < -0.39 is 6.10 Å². The SMILES string of the molecule is CN.O=C(NC1CC1)c1cccnc1CC(O)CCc1ccccc1F. The van der Waals surface area contributed by atoms with E-state index in [0.29, 0.717) is 29.7 Å². The van der Waals surface area contributed by atoms with Gasteiger partial charge in [-0.3, -0.25) is 9.78 Å². The lowest BCUT2D eigenvalue weighted by Gasteiger charge is -2.13. The first-order valence-corrected chi connectivity index (χ1v) is 8.87. The number of aryl methyl sites for hydroxylation is 1. The number of aromatic nitrogens is 1. The van der Waals surface area contributed by atoms with Crippen LogP contribution in [0.25, 0.3) is 0 Å². The lowest BCUT2D eigenvalue weighted by molar-refractivity contribution is 0.0948. The predicted octanol–water partition coefficient (Wildman–Crippen LogP) is 2.22. The second kappa shape index (κ2) is 9.99. The molecule has 140 valence electrons. The molecule has 1 heterocycles. The predicted molar refractivity (Wildman–Crippen MR) is 99.3 cm³/mol. The maximum absolute atomic E-state index is 13.6. The van der Waals surface area contributed by atoms with Crippen molar-refractivity contribution in [1.82, 2.24) is 10.3 Å². The zero-order valence-corrected chi connectivity index (χ0v) is 15.0. The number of hydrogen-bond donors (Lipinski definition) is 3. The minimum atomic E-state index is -0.674. The number of hydrogen-bond acceptors (Lipinski definition) is 4. The quantitative estimate of drug-likeness (QED) is 0.707. The summed E-state index contributed by atoms with van der Waals surface area (Å²) in [6, 6.07) is 10.3. The van der Waals surface area contributed by atoms with Crippen LogP contribution in [-0.2, 0) is 12.8 Å². The van der Waals surface area contributed by atoms with Gasteiger partial charge in [-0.25, -0.2) is 4.39 Å². The van der Waals surface area contributed by atoms with E-state index in [2.05, 4.69) is 16.0 Å². The van der Waals surface area contributed by atoms with Crippen LogP contribution in [0.2, 0.25) is 0 Å². The molecule has 1 atom stereocenters. The number of aliphatic hydroxyl groups excluding tert-OH is 1. The van der Waals surface area contributed by atoms with Crippen LogP contribution >= 0.6 is 0 Å². The molecule has 0 spiro atoms. The Balaban J connectivity index is 0.00000117. The van der Waals surface area contributed by atoms with Crippen LogP contribution in [0.1, 0.15) is 40.9 Å². The third-order valence-electron chi connectivity index (χ3n) is 4.18. The van der Waals surface area contributed by atoms with Crippen LogP contribution in [0.15, 0.2) is 42.6 Å². The van der Waals surface area contributed by atoms with Crippen molar-refractivity contribution in [3.63, 3.8) is 0 Å². The average Bonchev–Trinajstić information content (AvgIpc) is 3.47. The minimum Gasteiger partial charge on any atom is -0.393 e. The number of benzene rings is 1. The number of nitrogens with zero attached hydrogens (tertiary/aromatic N) is 1. The Morgan fingerprint density at radius 2 is 2.04 bits per heavy atom. The number of nitrogens with one attached hydrogen (secondary N) is 1. The Bertz CT molecular complexity index is 720. The Morgan fingerprint density at radius 3 is 2.73 bits per heavy atom. The summed E-state index contributed by atoms with van der Waals surface area (Å²) in [6.07, 6.45) is 4.13. The summed E-state index contributed by atoms with van der Waals surface area (Å²) in [5, 5.41) is 13.2. The van der Waals surface area contributed by atoms with Gasteiger partial charge >= 0.3 is 0 Å². The molecule has 1 saturated carbocycles. The number of pyridine rings is 1. The number of aliphatic hydroxyl groups is 1. The molecule has 5 nitrogen and oxygen atoms in total. The molecule has 4 N–H and O–H groups in total. The van der Waals surface area contributed by atoms with Gasteiger partial charge in [0.05, 0.1) is 17.4 Å². The number of halogens is 1. The second-order valence-electron chi connectivity index (χ2n) is 6.23. The summed E-state index contributed by atoms with van der Waals surface area (Å²) < 4.78 is 13.6. The van der Waals surface area contributed by atoms with Gasteiger partial charge in [-0.1, -0.05) is 18.2 Å². The fourth-order valence-corrected chi connectivity index (χ4v) is 2.65. The van der Waals surface area contributed by atoms with E-state index in [9.17, 15) is 14.3 Å². The third-order valence-corrected chi connectivity index (χ3v) is 4.18. The van der Waals surface area contributed by atoms with E-state index in [1.165, 1.54) is 13.1 Å². The number of nitrogens with two attached hydrogens (primary N) is 1. The lowest BCUT2D eigenvalue weighted by atomic mass is 10.0. The molecule has 0 bridgehead atoms. The molecule has 1 aliphatic carbocycles. The van der Waals surface area contributed by atoms with Crippen LogP contribution in [-0.4, -0.2) is 35.2 Å². The lowest BCUT2D eigenvalue weighted by Crippen LogP contribution is -2.27. The number of amides is 1. The van der Waals surface area contributed by atoms with Crippen molar-refractivity contribution < 1.29 is 14.3 Å². The monoisotopic (exact) mass is 359 g/mol. The molecule has 1 aliphatic rings. The van der Waals surface area contributed by atoms with Gasteiger partial charge in [0.15, 0.2) is 0 Å². The molecule has 2 aromatic rings. The zero-order valence-electron chi connectivity index (χ0n) is 15.0. The standard InChI is InChI=1S/C19H21FN2O2.CH5N/c20-17-6-2-1-4-13(17)7-10-15(23)12-18-16(5-3-11-21-18)19(24)22-14-8-9-14;1-2/h1-6,11,14-15,23H,7-10,12H2,(H,22,24);2H2,1H3. The van der Waals surface area contributed by atoms with Crippen molar-refractivity contribution in [2.24, 2.45) is 5.73 Å². The van der Waals surface area contributed by atoms with E-state index >= 15 is 0 Å². The second-order valence-corrected chi connectivity index (χ2v) is 6.23. The van der Waals surface area contributed by atoms with Crippen LogP contribution in [0.4, 0.5) is 4.39 Å². The van der Waals surface area contributed by atoms with Crippen LogP contribution in [0, 0.1) is 5.82 Å². The third kappa shape index (κ3) is 5.89. The number of carbonyl (C=O) groups excluding carboxylic acids is 1. The van der Waals surface area contributed by atoms with Crippen molar-refractivity contribution in [3.8, 4) is 0 Å². The largest absolute Gasteiger partial charge is 0.393 e. The molecule has 0 radical (unpaired) electrons. The highest BCUT2D eigenvalue weighted by molar-refractivity contribution is 5.95. The summed E-state index contributed by atoms with van der Waals surface area (Å²) in [6.45, 7) is 0. The van der Waals surface area contributed by atoms with E-state index in [1.807, 2.05) is 0 Å². The highest BCUT2D eigenvalue weighted by Gasteiger charge is 2.25. The van der Waals surface area contributed by atoms with E-state index in [0.717, 1.165) is 12.8 Å². The van der Waals surface area contributed by atoms with Gasteiger partial charge in [0.25, 0.3) is 5.91 Å². The summed E-state index contributed by atoms with van der Waals surface area (Å²) >= 11 is 0. The first-order valence-electron chi connectivity index (χ1n) is 8.87. The Hall–Kier alpha value is -2.31. The maximum atomic E-state index is 13.6. The first kappa shape index (κ1) is 20.0. The summed E-state index contributed by atoms with van der Waals surface area (Å²) in [4.78, 5) is 16.5. The van der Waals surface area contributed by atoms with Crippen LogP contribution in [0.3, 0.4) is 0 Å². The topological polar surface area (TPSA) is 88.2 Å². The van der Waals surface area contributed by atoms with Gasteiger partial charge in [-0.05, 0) is 56.5 Å². The highest BCUT2D eigenvalue weighted by atomic mass is 19.1. The molecule has 1 fully saturated rings. The Morgan fingerprint density at radius 1 is 1.31 bits per heavy atom. The average molecular weight is 359 g/mol. The molecule has 1 aromatic heterocycles. The van der Waals surface area contributed by atoms with E-state index in [-0.39, 0.29) is 24.2 Å². The van der Waals surface area contributed by atoms with Crippen molar-refractivity contribution in [1.29, 1.82) is 0 Å². The molecule has 0 aliphatic heterocycles. The molecule has 1 amide bonds. The van der Waals surface area contributed by atoms with Gasteiger partial charge in [-0.15, -0.1) is 0 Å². The molecule has 26 heavy (non-hydrogen) atoms. The van der Waals surface area contributed by atoms with E-state index in [1.54, 1.807) is 36.5 Å². The van der Waals surface area contributed by atoms with Crippen LogP contribution in [0.5, 0.6) is 0 Å². The Kier molecular flexibility index (Phi) is 7.69. The molecular formula is C20H26FN3O2. The summed E-state index contributed by atoms with van der Waals surface area (Å²) in [5.74, 6) is -0.394. The van der Waals surface area contributed by atoms with Crippen molar-refractivity contribution in [3.05, 3.63) is 65.2 Å². The smallest absolute Gasteiger partial charge is 0.253 e. The molecular weight excluding hydrogens is 333 g/mol. The maximum Gasteiger partial charge on any atom is 0.253 e. The first-order chi connectivity index (χ1) is 12.6. The normalized spacial score (nSPS) is 14.2. The van der Waals surface area contributed by atoms with Gasteiger partial charge in [-0.2, -0.15) is 0 Å². The van der Waals surface area contributed by atoms with Crippen molar-refractivity contribution in [2.75, 3.05) is 7.05 Å². The van der Waals surface area contributed by atoms with Gasteiger partial charge in [0.2, 0.25) is 0 Å². The van der Waals surface area contributed by atoms with Gasteiger partial charge < -0.3 is 16.2 Å². The molecule has 1 unspecified atom stereocenters.